The Labute approximate surface area is 278 Å². The molecule has 7 nitrogen and oxygen atoms in total. The maximum Gasteiger partial charge on any atom is 0.186 e. The van der Waals surface area contributed by atoms with Crippen LogP contribution in [-0.2, 0) is 16.0 Å². The topological polar surface area (TPSA) is 120 Å². The first-order chi connectivity index (χ1) is 22.2. The number of guanidine groups is 1. The Kier molecular flexibility index (Phi) is 14.3. The predicted molar refractivity (Wildman–Crippen MR) is 187 cm³/mol. The summed E-state index contributed by atoms with van der Waals surface area (Å²) in [4.78, 5) is 17.6. The molecular weight excluding hydrogens is 574 g/mol. The lowest BCUT2D eigenvalue weighted by molar-refractivity contribution is -0.114. The number of rotatable bonds is 15. The van der Waals surface area contributed by atoms with Gasteiger partial charge in [0.25, 0.3) is 0 Å². The molecule has 0 aromatic heterocycles. The van der Waals surface area contributed by atoms with Crippen LogP contribution in [0.1, 0.15) is 139 Å². The largest absolute Gasteiger partial charge is 0.504 e. The summed E-state index contributed by atoms with van der Waals surface area (Å²) in [6.45, 7) is 5.02. The van der Waals surface area contributed by atoms with E-state index in [-0.39, 0.29) is 41.5 Å². The highest BCUT2D eigenvalue weighted by atomic mass is 16.5. The molecule has 2 saturated carbocycles. The second kappa shape index (κ2) is 18.4. The first-order valence-electron chi connectivity index (χ1n) is 18.1. The monoisotopic (exact) mass is 633 g/mol. The number of carbonyl (C=O) groups is 1. The lowest BCUT2D eigenvalue weighted by atomic mass is 9.75. The van der Waals surface area contributed by atoms with Gasteiger partial charge >= 0.3 is 0 Å². The fourth-order valence-electron chi connectivity index (χ4n) is 7.72. The normalized spacial score (nSPS) is 22.5. The van der Waals surface area contributed by atoms with Crippen molar-refractivity contribution in [1.29, 1.82) is 0 Å². The van der Waals surface area contributed by atoms with Crippen LogP contribution in [0.5, 0.6) is 11.5 Å². The highest BCUT2D eigenvalue weighted by molar-refractivity contribution is 5.89. The molecule has 0 aliphatic heterocycles. The summed E-state index contributed by atoms with van der Waals surface area (Å²) < 4.78 is 12.3. The van der Waals surface area contributed by atoms with Crippen molar-refractivity contribution in [3.63, 3.8) is 0 Å². The van der Waals surface area contributed by atoms with E-state index in [1.807, 2.05) is 6.07 Å². The minimum absolute atomic E-state index is 0.00154. The summed E-state index contributed by atoms with van der Waals surface area (Å²) in [7, 11) is 1.74. The third-order valence-corrected chi connectivity index (χ3v) is 10.3. The molecule has 3 aliphatic carbocycles. The van der Waals surface area contributed by atoms with Crippen molar-refractivity contribution in [2.24, 2.45) is 34.2 Å². The predicted octanol–water partition coefficient (Wildman–Crippen LogP) is 7.70. The number of hydrogen-bond donors (Lipinski definition) is 3. The van der Waals surface area contributed by atoms with Crippen LogP contribution < -0.4 is 16.2 Å². The number of phenols is 1. The van der Waals surface area contributed by atoms with Gasteiger partial charge in [-0.3, -0.25) is 4.79 Å². The van der Waals surface area contributed by atoms with Crippen LogP contribution in [0, 0.1) is 29.6 Å². The van der Waals surface area contributed by atoms with Gasteiger partial charge in [0, 0.05) is 37.7 Å². The Morgan fingerprint density at radius 1 is 1.09 bits per heavy atom. The van der Waals surface area contributed by atoms with E-state index in [2.05, 4.69) is 36.8 Å². The standard InChI is InChI=1S/C39H59N3O4/c1-27(2)19-24-35-30(26-45-3)20-22-31(42-39(40)41)14-10-18-34-29(21-23-32(43)15-7-6-13-28-11-4-5-12-28)25-36(38(44)37(34)35)46-33-16-8-9-17-33/h7,15,25,27-28,30-31,33,35,44H,4-6,8-9,11-14,16-17,19-24,26H2,1-3H3,(H4,40,41,42)/t30-,31-,35-/m0/s1. The van der Waals surface area contributed by atoms with E-state index >= 15 is 0 Å². The number of aromatic hydroxyl groups is 1. The molecule has 3 atom stereocenters. The van der Waals surface area contributed by atoms with Crippen molar-refractivity contribution < 1.29 is 19.4 Å². The maximum absolute atomic E-state index is 13.1. The molecule has 46 heavy (non-hydrogen) atoms. The Hall–Kier alpha value is -2.98. The van der Waals surface area contributed by atoms with E-state index in [1.54, 1.807) is 13.2 Å². The zero-order valence-corrected chi connectivity index (χ0v) is 28.7. The van der Waals surface area contributed by atoms with Crippen LogP contribution in [0.4, 0.5) is 0 Å². The molecule has 0 spiro atoms. The first-order valence-corrected chi connectivity index (χ1v) is 18.1. The summed E-state index contributed by atoms with van der Waals surface area (Å²) in [5.41, 5.74) is 14.3. The number of methoxy groups -OCH3 is 1. The Bertz CT molecular complexity index is 1240. The third-order valence-electron chi connectivity index (χ3n) is 10.3. The summed E-state index contributed by atoms with van der Waals surface area (Å²) in [6, 6.07) is 1.85. The molecule has 7 heteroatoms. The van der Waals surface area contributed by atoms with Crippen molar-refractivity contribution in [3.05, 3.63) is 34.9 Å². The average Bonchev–Trinajstić information content (AvgIpc) is 3.73. The molecule has 0 heterocycles. The second-order valence-corrected chi connectivity index (χ2v) is 14.4. The highest BCUT2D eigenvalue weighted by Crippen LogP contribution is 2.47. The number of fused-ring (bicyclic) bond motifs is 1. The highest BCUT2D eigenvalue weighted by Gasteiger charge is 2.33. The molecule has 0 amide bonds. The van der Waals surface area contributed by atoms with Crippen molar-refractivity contribution >= 4 is 11.7 Å². The number of allylic oxidation sites excluding steroid dienone is 2. The Morgan fingerprint density at radius 2 is 1.83 bits per heavy atom. The summed E-state index contributed by atoms with van der Waals surface area (Å²) in [5, 5.41) is 12.0. The van der Waals surface area contributed by atoms with Gasteiger partial charge in [-0.2, -0.15) is 0 Å². The van der Waals surface area contributed by atoms with Gasteiger partial charge < -0.3 is 26.0 Å². The molecule has 2 fully saturated rings. The van der Waals surface area contributed by atoms with Gasteiger partial charge in [-0.1, -0.05) is 63.9 Å². The molecule has 0 radical (unpaired) electrons. The summed E-state index contributed by atoms with van der Waals surface area (Å²) in [5.74, 6) is 9.22. The molecular formula is C39H59N3O4. The van der Waals surface area contributed by atoms with E-state index in [9.17, 15) is 9.90 Å². The van der Waals surface area contributed by atoms with Gasteiger partial charge in [0.2, 0.25) is 0 Å². The number of carbonyl (C=O) groups excluding carboxylic acids is 1. The smallest absolute Gasteiger partial charge is 0.186 e. The molecule has 1 aromatic rings. The van der Waals surface area contributed by atoms with Crippen molar-refractivity contribution in [3.8, 4) is 23.3 Å². The first kappa shape index (κ1) is 35.9. The molecule has 4 rings (SSSR count). The van der Waals surface area contributed by atoms with Gasteiger partial charge in [-0.05, 0) is 106 Å². The number of ether oxygens (including phenoxy) is 2. The molecule has 0 saturated heterocycles. The minimum Gasteiger partial charge on any atom is -0.504 e. The average molecular weight is 634 g/mol. The molecule has 254 valence electrons. The molecule has 5 N–H and O–H groups in total. The van der Waals surface area contributed by atoms with E-state index in [0.29, 0.717) is 37.5 Å². The third kappa shape index (κ3) is 10.8. The van der Waals surface area contributed by atoms with Gasteiger partial charge in [-0.25, -0.2) is 4.99 Å². The fourth-order valence-corrected chi connectivity index (χ4v) is 7.72. The fraction of sp³-hybridized carbons (Fsp3) is 0.692. The zero-order chi connectivity index (χ0) is 32.9. The quantitative estimate of drug-likeness (QED) is 0.0788. The van der Waals surface area contributed by atoms with Crippen molar-refractivity contribution in [2.45, 2.75) is 141 Å². The Morgan fingerprint density at radius 3 is 2.52 bits per heavy atom. The van der Waals surface area contributed by atoms with E-state index in [4.69, 9.17) is 20.9 Å². The number of ketones is 1. The van der Waals surface area contributed by atoms with Gasteiger partial charge in [0.1, 0.15) is 0 Å². The molecule has 0 bridgehead atoms. The zero-order valence-electron chi connectivity index (χ0n) is 28.7. The van der Waals surface area contributed by atoms with Crippen LogP contribution in [-0.4, -0.2) is 42.7 Å². The molecule has 3 aliphatic rings. The number of phenolic OH excluding ortho intramolecular Hbond substituents is 1. The molecule has 0 unspecified atom stereocenters. The van der Waals surface area contributed by atoms with Crippen LogP contribution >= 0.6 is 0 Å². The van der Waals surface area contributed by atoms with E-state index in [1.165, 1.54) is 32.1 Å². The van der Waals surface area contributed by atoms with Crippen LogP contribution in [0.3, 0.4) is 0 Å². The van der Waals surface area contributed by atoms with Gasteiger partial charge in [0.05, 0.1) is 12.1 Å². The molecule has 1 aromatic carbocycles. The lowest BCUT2D eigenvalue weighted by Gasteiger charge is -2.32. The number of nitrogens with two attached hydrogens (primary N) is 2. The number of hydrogen-bond acceptors (Lipinski definition) is 5. The lowest BCUT2D eigenvalue weighted by Crippen LogP contribution is -2.27. The second-order valence-electron chi connectivity index (χ2n) is 14.4. The van der Waals surface area contributed by atoms with Gasteiger partial charge in [-0.15, -0.1) is 0 Å². The van der Waals surface area contributed by atoms with Crippen LogP contribution in [0.15, 0.2) is 23.2 Å². The van der Waals surface area contributed by atoms with Crippen molar-refractivity contribution in [2.75, 3.05) is 13.7 Å². The van der Waals surface area contributed by atoms with E-state index < -0.39 is 0 Å². The van der Waals surface area contributed by atoms with Crippen LogP contribution in [0.25, 0.3) is 0 Å². The maximum atomic E-state index is 13.1. The summed E-state index contributed by atoms with van der Waals surface area (Å²) >= 11 is 0. The SMILES string of the molecule is COC[C@@H]1CC[C@@H](N=C(N)N)CC#Cc2c(CCC(=O)C=CCCC3CCCC3)cc(OC3CCCC3)c(O)c2[C@H]1CCC(C)C. The van der Waals surface area contributed by atoms with Crippen LogP contribution in [0.2, 0.25) is 0 Å². The van der Waals surface area contributed by atoms with Crippen molar-refractivity contribution in [1.82, 2.24) is 0 Å². The van der Waals surface area contributed by atoms with Gasteiger partial charge in [0.15, 0.2) is 23.2 Å². The minimum atomic E-state index is -0.109. The number of nitrogens with zero attached hydrogens (tertiary/aromatic N) is 1. The Balaban J connectivity index is 1.72. The van der Waals surface area contributed by atoms with E-state index in [0.717, 1.165) is 80.4 Å². The number of aryl methyl sites for hydroxylation is 1. The number of benzene rings is 1. The number of aliphatic imine (C=N–C) groups is 1. The summed E-state index contributed by atoms with van der Waals surface area (Å²) in [6.07, 6.45) is 20.6.